The zero-order valence-corrected chi connectivity index (χ0v) is 20.5. The zero-order valence-electron chi connectivity index (χ0n) is 19.7. The van der Waals surface area contributed by atoms with Gasteiger partial charge in [0.15, 0.2) is 11.6 Å². The predicted molar refractivity (Wildman–Crippen MR) is 133 cm³/mol. The molecule has 2 N–H and O–H groups in total. The van der Waals surface area contributed by atoms with Gasteiger partial charge in [0.05, 0.1) is 31.1 Å². The number of halogens is 3. The van der Waals surface area contributed by atoms with Crippen LogP contribution in [0.2, 0.25) is 0 Å². The van der Waals surface area contributed by atoms with Crippen molar-refractivity contribution in [2.75, 3.05) is 26.1 Å². The van der Waals surface area contributed by atoms with Gasteiger partial charge in [0.1, 0.15) is 0 Å². The maximum absolute atomic E-state index is 14.7. The van der Waals surface area contributed by atoms with Crippen LogP contribution >= 0.6 is 0 Å². The molecule has 1 saturated carbocycles. The normalized spacial score (nSPS) is 14.9. The number of sulfonamides is 1. The van der Waals surface area contributed by atoms with Crippen LogP contribution in [-0.4, -0.2) is 43.1 Å². The minimum atomic E-state index is -3.66. The van der Waals surface area contributed by atoms with Crippen LogP contribution in [0.25, 0.3) is 0 Å². The van der Waals surface area contributed by atoms with Crippen molar-refractivity contribution in [3.8, 4) is 0 Å². The first-order chi connectivity index (χ1) is 17.6. The van der Waals surface area contributed by atoms with E-state index in [0.29, 0.717) is 29.1 Å². The number of benzene rings is 2. The highest BCUT2D eigenvalue weighted by molar-refractivity contribution is 7.92. The number of para-hydroxylation sites is 1. The Balaban J connectivity index is 1.45. The fourth-order valence-corrected chi connectivity index (χ4v) is 5.56. The maximum Gasteiger partial charge on any atom is 0.316 e. The minimum Gasteiger partial charge on any atom is -0.325 e. The van der Waals surface area contributed by atoms with E-state index < -0.39 is 34.8 Å². The number of amides is 1. The van der Waals surface area contributed by atoms with Crippen molar-refractivity contribution < 1.29 is 26.4 Å². The number of aromatic nitrogens is 2. The molecule has 2 heterocycles. The predicted octanol–water partition coefficient (Wildman–Crippen LogP) is 4.01. The molecule has 0 saturated heterocycles. The second-order valence-corrected chi connectivity index (χ2v) is 10.8. The molecule has 2 aliphatic rings. The molecule has 0 radical (unpaired) electrons. The van der Waals surface area contributed by atoms with Crippen molar-refractivity contribution in [1.82, 2.24) is 9.97 Å². The SMILES string of the molecule is CS(=O)(=O)N(c1ccccc1CN(c1nc(Nc2ccc3c(c2)NC(=O)C3)ncc1F)C(F)F)C1CC1. The van der Waals surface area contributed by atoms with Gasteiger partial charge in [0.25, 0.3) is 0 Å². The molecule has 1 aliphatic heterocycles. The third-order valence-electron chi connectivity index (χ3n) is 6.03. The lowest BCUT2D eigenvalue weighted by Crippen LogP contribution is -2.35. The summed E-state index contributed by atoms with van der Waals surface area (Å²) in [6.07, 6.45) is 3.45. The molecule has 0 spiro atoms. The lowest BCUT2D eigenvalue weighted by atomic mass is 10.1. The summed E-state index contributed by atoms with van der Waals surface area (Å²) in [6, 6.07) is 11.1. The third-order valence-corrected chi connectivity index (χ3v) is 7.24. The van der Waals surface area contributed by atoms with Gasteiger partial charge in [-0.05, 0) is 42.2 Å². The average molecular weight is 533 g/mol. The Morgan fingerprint density at radius 1 is 1.19 bits per heavy atom. The highest BCUT2D eigenvalue weighted by atomic mass is 32.2. The number of carbonyl (C=O) groups is 1. The van der Waals surface area contributed by atoms with Gasteiger partial charge in [-0.2, -0.15) is 13.8 Å². The number of hydrogen-bond acceptors (Lipinski definition) is 7. The second-order valence-electron chi connectivity index (χ2n) is 8.91. The van der Waals surface area contributed by atoms with Gasteiger partial charge in [-0.25, -0.2) is 17.8 Å². The van der Waals surface area contributed by atoms with Crippen LogP contribution in [0.3, 0.4) is 0 Å². The molecule has 1 aromatic heterocycles. The van der Waals surface area contributed by atoms with Crippen LogP contribution < -0.4 is 19.8 Å². The maximum atomic E-state index is 14.7. The summed E-state index contributed by atoms with van der Waals surface area (Å²) < 4.78 is 69.4. The number of carbonyl (C=O) groups excluding carboxylic acids is 1. The van der Waals surface area contributed by atoms with Gasteiger partial charge in [0.2, 0.25) is 21.9 Å². The molecule has 0 bridgehead atoms. The number of nitrogens with one attached hydrogen (secondary N) is 2. The number of fused-ring (bicyclic) bond motifs is 1. The molecule has 9 nitrogen and oxygen atoms in total. The molecule has 37 heavy (non-hydrogen) atoms. The topological polar surface area (TPSA) is 108 Å². The van der Waals surface area contributed by atoms with Crippen molar-refractivity contribution in [2.45, 2.75) is 38.4 Å². The molecular weight excluding hydrogens is 509 g/mol. The van der Waals surface area contributed by atoms with Crippen molar-refractivity contribution >= 4 is 44.8 Å². The number of alkyl halides is 2. The van der Waals surface area contributed by atoms with Crippen molar-refractivity contribution in [1.29, 1.82) is 0 Å². The molecule has 194 valence electrons. The van der Waals surface area contributed by atoms with Crippen LogP contribution in [-0.2, 0) is 27.8 Å². The quantitative estimate of drug-likeness (QED) is 0.401. The molecular formula is C24H23F3N6O3S. The van der Waals surface area contributed by atoms with Crippen LogP contribution in [0.5, 0.6) is 0 Å². The Hall–Kier alpha value is -3.87. The van der Waals surface area contributed by atoms with E-state index in [-0.39, 0.29) is 35.6 Å². The molecule has 5 rings (SSSR count). The Labute approximate surface area is 211 Å². The van der Waals surface area contributed by atoms with E-state index in [2.05, 4.69) is 20.6 Å². The zero-order chi connectivity index (χ0) is 26.3. The second kappa shape index (κ2) is 9.54. The van der Waals surface area contributed by atoms with Crippen LogP contribution in [0.1, 0.15) is 24.0 Å². The summed E-state index contributed by atoms with van der Waals surface area (Å²) >= 11 is 0. The van der Waals surface area contributed by atoms with Crippen molar-refractivity contribution in [3.05, 3.63) is 65.6 Å². The van der Waals surface area contributed by atoms with Crippen molar-refractivity contribution in [2.24, 2.45) is 0 Å². The number of rotatable bonds is 9. The number of anilines is 5. The molecule has 1 amide bonds. The molecule has 2 aromatic carbocycles. The smallest absolute Gasteiger partial charge is 0.316 e. The minimum absolute atomic E-state index is 0.129. The van der Waals surface area contributed by atoms with Gasteiger partial charge >= 0.3 is 6.55 Å². The van der Waals surface area contributed by atoms with Gasteiger partial charge in [-0.3, -0.25) is 14.0 Å². The van der Waals surface area contributed by atoms with Crippen LogP contribution in [0.15, 0.2) is 48.7 Å². The lowest BCUT2D eigenvalue weighted by Gasteiger charge is -2.28. The van der Waals surface area contributed by atoms with Gasteiger partial charge in [-0.1, -0.05) is 24.3 Å². The summed E-state index contributed by atoms with van der Waals surface area (Å²) in [5.74, 6) is -1.98. The highest BCUT2D eigenvalue weighted by Crippen LogP contribution is 2.37. The highest BCUT2D eigenvalue weighted by Gasteiger charge is 2.37. The lowest BCUT2D eigenvalue weighted by molar-refractivity contribution is -0.115. The van der Waals surface area contributed by atoms with Gasteiger partial charge in [0, 0.05) is 17.4 Å². The van der Waals surface area contributed by atoms with E-state index in [0.717, 1.165) is 18.0 Å². The summed E-state index contributed by atoms with van der Waals surface area (Å²) in [4.78, 5) is 19.9. The Morgan fingerprint density at radius 3 is 2.65 bits per heavy atom. The molecule has 1 fully saturated rings. The first-order valence-corrected chi connectivity index (χ1v) is 13.3. The molecule has 0 unspecified atom stereocenters. The first-order valence-electron chi connectivity index (χ1n) is 11.4. The van der Waals surface area contributed by atoms with Crippen LogP contribution in [0.4, 0.5) is 42.0 Å². The first kappa shape index (κ1) is 24.8. The van der Waals surface area contributed by atoms with E-state index in [1.807, 2.05) is 0 Å². The molecule has 13 heteroatoms. The van der Waals surface area contributed by atoms with E-state index in [9.17, 15) is 26.4 Å². The Morgan fingerprint density at radius 2 is 1.95 bits per heavy atom. The van der Waals surface area contributed by atoms with E-state index in [4.69, 9.17) is 0 Å². The summed E-state index contributed by atoms with van der Waals surface area (Å²) in [7, 11) is -3.66. The molecule has 3 aromatic rings. The largest absolute Gasteiger partial charge is 0.325 e. The van der Waals surface area contributed by atoms with E-state index in [1.165, 1.54) is 10.4 Å². The van der Waals surface area contributed by atoms with Crippen molar-refractivity contribution in [3.63, 3.8) is 0 Å². The Bertz CT molecular complexity index is 1470. The standard InChI is InChI=1S/C24H23F3N6O3S/c1-37(35,36)33(17-8-9-17)20-5-3-2-4-15(20)13-32(23(26)27)22-18(25)12-28-24(31-22)29-16-7-6-14-10-21(34)30-19(14)11-16/h2-7,11-12,17,23H,8-10,13H2,1H3,(H,30,34)(H,28,29,31). The Kier molecular flexibility index (Phi) is 6.40. The monoisotopic (exact) mass is 532 g/mol. The number of nitrogens with zero attached hydrogens (tertiary/aromatic N) is 4. The fourth-order valence-electron chi connectivity index (χ4n) is 4.28. The van der Waals surface area contributed by atoms with E-state index >= 15 is 0 Å². The molecule has 1 aliphatic carbocycles. The molecule has 0 atom stereocenters. The summed E-state index contributed by atoms with van der Waals surface area (Å²) in [5.41, 5.74) is 2.44. The third kappa shape index (κ3) is 5.31. The summed E-state index contributed by atoms with van der Waals surface area (Å²) in [6.45, 7) is -3.64. The fraction of sp³-hybridized carbons (Fsp3) is 0.292. The van der Waals surface area contributed by atoms with Gasteiger partial charge < -0.3 is 10.6 Å². The summed E-state index contributed by atoms with van der Waals surface area (Å²) in [5, 5.41) is 5.55. The van der Waals surface area contributed by atoms with Crippen LogP contribution in [0, 0.1) is 5.82 Å². The number of hydrogen-bond donors (Lipinski definition) is 2. The van der Waals surface area contributed by atoms with E-state index in [1.54, 1.807) is 36.4 Å². The average Bonchev–Trinajstić information content (AvgIpc) is 3.58. The van der Waals surface area contributed by atoms with Gasteiger partial charge in [-0.15, -0.1) is 0 Å².